The predicted molar refractivity (Wildman–Crippen MR) is 70.7 cm³/mol. The lowest BCUT2D eigenvalue weighted by atomic mass is 10.0. The molecule has 0 radical (unpaired) electrons. The highest BCUT2D eigenvalue weighted by atomic mass is 35.5. The summed E-state index contributed by atoms with van der Waals surface area (Å²) in [5.74, 6) is -0.483. The molecule has 0 unspecified atom stereocenters. The fourth-order valence-corrected chi connectivity index (χ4v) is 2.40. The monoisotopic (exact) mass is 306 g/mol. The summed E-state index contributed by atoms with van der Waals surface area (Å²) in [6, 6.07) is 2.96. The summed E-state index contributed by atoms with van der Waals surface area (Å²) in [5.41, 5.74) is -1.31. The summed E-state index contributed by atoms with van der Waals surface area (Å²) in [4.78, 5) is 12.0. The SMILES string of the molecule is O=C(Nc1c(Cl)cccc1C(F)(F)F)[C@@H]1CCCCN1. The van der Waals surface area contributed by atoms with Crippen LogP contribution >= 0.6 is 11.6 Å². The highest BCUT2D eigenvalue weighted by Gasteiger charge is 2.35. The number of carbonyl (C=O) groups is 1. The Morgan fingerprint density at radius 1 is 1.35 bits per heavy atom. The molecule has 1 heterocycles. The molecule has 0 aliphatic carbocycles. The first-order chi connectivity index (χ1) is 9.39. The topological polar surface area (TPSA) is 41.1 Å². The van der Waals surface area contributed by atoms with Gasteiger partial charge in [0.25, 0.3) is 0 Å². The van der Waals surface area contributed by atoms with Crippen LogP contribution in [0.25, 0.3) is 0 Å². The number of piperidine rings is 1. The van der Waals surface area contributed by atoms with Crippen molar-refractivity contribution in [1.82, 2.24) is 5.32 Å². The summed E-state index contributed by atoms with van der Waals surface area (Å²) in [5, 5.41) is 5.16. The van der Waals surface area contributed by atoms with E-state index >= 15 is 0 Å². The maximum absolute atomic E-state index is 12.9. The standard InChI is InChI=1S/C13H14ClF3N2O/c14-9-5-3-4-8(13(15,16)17)11(9)19-12(20)10-6-1-2-7-18-10/h3-5,10,18H,1-2,6-7H2,(H,19,20)/t10-/m0/s1. The number of amides is 1. The first-order valence-corrected chi connectivity index (χ1v) is 6.67. The van der Waals surface area contributed by atoms with Gasteiger partial charge in [0.05, 0.1) is 22.3 Å². The first kappa shape index (κ1) is 15.1. The smallest absolute Gasteiger partial charge is 0.323 e. The fraction of sp³-hybridized carbons (Fsp3) is 0.462. The van der Waals surface area contributed by atoms with E-state index in [1.807, 2.05) is 0 Å². The van der Waals surface area contributed by atoms with Crippen molar-refractivity contribution < 1.29 is 18.0 Å². The lowest BCUT2D eigenvalue weighted by Gasteiger charge is -2.23. The Kier molecular flexibility index (Phi) is 4.55. The zero-order valence-electron chi connectivity index (χ0n) is 10.6. The van der Waals surface area contributed by atoms with Gasteiger partial charge < -0.3 is 10.6 Å². The minimum atomic E-state index is -4.56. The van der Waals surface area contributed by atoms with Crippen molar-refractivity contribution in [1.29, 1.82) is 0 Å². The van der Waals surface area contributed by atoms with E-state index in [1.54, 1.807) is 0 Å². The normalized spacial score (nSPS) is 19.7. The van der Waals surface area contributed by atoms with E-state index in [4.69, 9.17) is 11.6 Å². The van der Waals surface area contributed by atoms with Crippen LogP contribution in [0, 0.1) is 0 Å². The van der Waals surface area contributed by atoms with Crippen molar-refractivity contribution in [3.05, 3.63) is 28.8 Å². The van der Waals surface area contributed by atoms with Gasteiger partial charge >= 0.3 is 6.18 Å². The number of nitrogens with one attached hydrogen (secondary N) is 2. The zero-order chi connectivity index (χ0) is 14.8. The van der Waals surface area contributed by atoms with Crippen molar-refractivity contribution in [3.8, 4) is 0 Å². The van der Waals surface area contributed by atoms with E-state index in [2.05, 4.69) is 10.6 Å². The van der Waals surface area contributed by atoms with Gasteiger partial charge in [-0.25, -0.2) is 0 Å². The van der Waals surface area contributed by atoms with Crippen LogP contribution in [0.1, 0.15) is 24.8 Å². The molecule has 1 amide bonds. The highest BCUT2D eigenvalue weighted by Crippen LogP contribution is 2.38. The van der Waals surface area contributed by atoms with Gasteiger partial charge in [-0.3, -0.25) is 4.79 Å². The number of alkyl halides is 3. The minimum Gasteiger partial charge on any atom is -0.323 e. The van der Waals surface area contributed by atoms with Gasteiger partial charge in [-0.05, 0) is 31.5 Å². The number of hydrogen-bond donors (Lipinski definition) is 2. The van der Waals surface area contributed by atoms with Crippen LogP contribution in [-0.2, 0) is 11.0 Å². The van der Waals surface area contributed by atoms with E-state index in [9.17, 15) is 18.0 Å². The second-order valence-corrected chi connectivity index (χ2v) is 5.06. The van der Waals surface area contributed by atoms with E-state index in [0.717, 1.165) is 18.9 Å². The van der Waals surface area contributed by atoms with Gasteiger partial charge in [0, 0.05) is 0 Å². The molecule has 0 aromatic heterocycles. The Balaban J connectivity index is 2.22. The van der Waals surface area contributed by atoms with E-state index < -0.39 is 23.7 Å². The number of hydrogen-bond acceptors (Lipinski definition) is 2. The molecule has 1 aliphatic rings. The van der Waals surface area contributed by atoms with Crippen LogP contribution in [0.2, 0.25) is 5.02 Å². The fourth-order valence-electron chi connectivity index (χ4n) is 2.17. The van der Waals surface area contributed by atoms with Gasteiger partial charge in [-0.2, -0.15) is 13.2 Å². The Morgan fingerprint density at radius 3 is 2.70 bits per heavy atom. The van der Waals surface area contributed by atoms with E-state index in [1.165, 1.54) is 12.1 Å². The van der Waals surface area contributed by atoms with Crippen molar-refractivity contribution in [2.75, 3.05) is 11.9 Å². The molecule has 1 saturated heterocycles. The summed E-state index contributed by atoms with van der Waals surface area (Å²) in [7, 11) is 0. The summed E-state index contributed by atoms with van der Waals surface area (Å²) >= 11 is 5.78. The Bertz CT molecular complexity index is 499. The lowest BCUT2D eigenvalue weighted by Crippen LogP contribution is -2.43. The molecule has 1 fully saturated rings. The van der Waals surface area contributed by atoms with E-state index in [0.29, 0.717) is 13.0 Å². The number of carbonyl (C=O) groups excluding carboxylic acids is 1. The highest BCUT2D eigenvalue weighted by molar-refractivity contribution is 6.34. The summed E-state index contributed by atoms with van der Waals surface area (Å²) in [6.07, 6.45) is -2.12. The molecule has 1 aromatic carbocycles. The number of halogens is 4. The summed E-state index contributed by atoms with van der Waals surface area (Å²) in [6.45, 7) is 0.687. The van der Waals surface area contributed by atoms with Crippen LogP contribution in [0.5, 0.6) is 0 Å². The molecular formula is C13H14ClF3N2O. The van der Waals surface area contributed by atoms with Crippen LogP contribution in [0.3, 0.4) is 0 Å². The number of anilines is 1. The third kappa shape index (κ3) is 3.43. The predicted octanol–water partition coefficient (Wildman–Crippen LogP) is 3.44. The molecule has 1 atom stereocenters. The average Bonchev–Trinajstić information content (AvgIpc) is 2.40. The number of benzene rings is 1. The maximum Gasteiger partial charge on any atom is 0.418 e. The molecule has 0 spiro atoms. The van der Waals surface area contributed by atoms with Crippen molar-refractivity contribution in [2.24, 2.45) is 0 Å². The third-order valence-electron chi connectivity index (χ3n) is 3.19. The Labute approximate surface area is 119 Å². The summed E-state index contributed by atoms with van der Waals surface area (Å²) < 4.78 is 38.7. The maximum atomic E-state index is 12.9. The average molecular weight is 307 g/mol. The quantitative estimate of drug-likeness (QED) is 0.879. The molecule has 0 bridgehead atoms. The van der Waals surface area contributed by atoms with Crippen LogP contribution in [-0.4, -0.2) is 18.5 Å². The molecular weight excluding hydrogens is 293 g/mol. The second kappa shape index (κ2) is 6.01. The molecule has 0 saturated carbocycles. The van der Waals surface area contributed by atoms with Gasteiger partial charge in [-0.1, -0.05) is 24.1 Å². The van der Waals surface area contributed by atoms with Crippen molar-refractivity contribution in [3.63, 3.8) is 0 Å². The molecule has 2 N–H and O–H groups in total. The first-order valence-electron chi connectivity index (χ1n) is 6.29. The van der Waals surface area contributed by atoms with E-state index in [-0.39, 0.29) is 10.7 Å². The molecule has 1 aliphatic heterocycles. The van der Waals surface area contributed by atoms with Crippen LogP contribution < -0.4 is 10.6 Å². The van der Waals surface area contributed by atoms with Gasteiger partial charge in [0.2, 0.25) is 5.91 Å². The Morgan fingerprint density at radius 2 is 2.10 bits per heavy atom. The van der Waals surface area contributed by atoms with Crippen LogP contribution in [0.15, 0.2) is 18.2 Å². The minimum absolute atomic E-state index is 0.121. The largest absolute Gasteiger partial charge is 0.418 e. The lowest BCUT2D eigenvalue weighted by molar-refractivity contribution is -0.137. The van der Waals surface area contributed by atoms with Crippen LogP contribution in [0.4, 0.5) is 18.9 Å². The van der Waals surface area contributed by atoms with Gasteiger partial charge in [0.15, 0.2) is 0 Å². The molecule has 1 aromatic rings. The van der Waals surface area contributed by atoms with Gasteiger partial charge in [0.1, 0.15) is 0 Å². The van der Waals surface area contributed by atoms with Gasteiger partial charge in [-0.15, -0.1) is 0 Å². The van der Waals surface area contributed by atoms with Crippen molar-refractivity contribution in [2.45, 2.75) is 31.5 Å². The Hall–Kier alpha value is -1.27. The third-order valence-corrected chi connectivity index (χ3v) is 3.51. The van der Waals surface area contributed by atoms with Crippen molar-refractivity contribution >= 4 is 23.2 Å². The molecule has 3 nitrogen and oxygen atoms in total. The zero-order valence-corrected chi connectivity index (χ0v) is 11.3. The molecule has 2 rings (SSSR count). The number of rotatable bonds is 2. The molecule has 20 heavy (non-hydrogen) atoms. The molecule has 110 valence electrons. The molecule has 7 heteroatoms. The number of para-hydroxylation sites is 1. The second-order valence-electron chi connectivity index (χ2n) is 4.65.